The van der Waals surface area contributed by atoms with Gasteiger partial charge in [-0.1, -0.05) is 103 Å². The zero-order valence-electron chi connectivity index (χ0n) is 35.9. The summed E-state index contributed by atoms with van der Waals surface area (Å²) in [4.78, 5) is 0. The Kier molecular flexibility index (Phi) is 15.2. The van der Waals surface area contributed by atoms with Crippen molar-refractivity contribution < 1.29 is 70.9 Å². The highest BCUT2D eigenvalue weighted by atomic mass is 19.4. The van der Waals surface area contributed by atoms with Crippen LogP contribution in [0.2, 0.25) is 0 Å². The largest absolute Gasteiger partial charge is 0.573 e. The van der Waals surface area contributed by atoms with Crippen LogP contribution in [0.1, 0.15) is 29.7 Å². The van der Waals surface area contributed by atoms with Crippen LogP contribution in [0, 0.1) is 73.1 Å². The number of alkyl halides is 5. The molecule has 8 aromatic carbocycles. The third kappa shape index (κ3) is 11.6. The molecule has 0 amide bonds. The molecule has 0 unspecified atom stereocenters. The molecule has 0 aliphatic carbocycles. The maximum atomic E-state index is 14.8. The van der Waals surface area contributed by atoms with Crippen LogP contribution >= 0.6 is 0 Å². The van der Waals surface area contributed by atoms with Gasteiger partial charge in [-0.2, -0.15) is 8.78 Å². The van der Waals surface area contributed by atoms with Crippen molar-refractivity contribution in [2.75, 3.05) is 0 Å². The summed E-state index contributed by atoms with van der Waals surface area (Å²) in [6.45, 7) is 4.97. The summed E-state index contributed by atoms with van der Waals surface area (Å²) < 4.78 is 203. The van der Waals surface area contributed by atoms with Gasteiger partial charge in [0.05, 0.1) is 5.56 Å². The van der Waals surface area contributed by atoms with Gasteiger partial charge >= 0.3 is 12.5 Å². The molecule has 0 heterocycles. The minimum Gasteiger partial charge on any atom is -0.429 e. The summed E-state index contributed by atoms with van der Waals surface area (Å²) >= 11 is 0. The van der Waals surface area contributed by atoms with E-state index in [1.165, 1.54) is 12.1 Å². The first kappa shape index (κ1) is 51.8. The van der Waals surface area contributed by atoms with Crippen LogP contribution < -0.4 is 9.47 Å². The average Bonchev–Trinajstić information content (AvgIpc) is 3.26. The van der Waals surface area contributed by atoms with Crippen molar-refractivity contribution in [1.29, 1.82) is 0 Å². The molecule has 8 rings (SSSR count). The summed E-state index contributed by atoms with van der Waals surface area (Å²) in [5, 5.41) is 0. The van der Waals surface area contributed by atoms with Crippen molar-refractivity contribution in [3.63, 3.8) is 0 Å². The molecule has 2 nitrogen and oxygen atoms in total. The smallest absolute Gasteiger partial charge is 0.429 e. The van der Waals surface area contributed by atoms with Crippen LogP contribution in [0.4, 0.5) is 61.5 Å². The van der Waals surface area contributed by atoms with Crippen molar-refractivity contribution in [3.8, 4) is 67.1 Å². The van der Waals surface area contributed by atoms with Crippen LogP contribution in [0.5, 0.6) is 11.5 Å². The van der Waals surface area contributed by atoms with Gasteiger partial charge in [-0.05, 0) is 108 Å². The molecule has 70 heavy (non-hydrogen) atoms. The second-order valence-electron chi connectivity index (χ2n) is 15.6. The van der Waals surface area contributed by atoms with E-state index in [-0.39, 0.29) is 24.1 Å². The van der Waals surface area contributed by atoms with Crippen LogP contribution in [-0.4, -0.2) is 6.36 Å². The number of aryl methyl sites for hydroxylation is 2. The Morgan fingerprint density at radius 2 is 0.714 bits per heavy atom. The molecule has 16 heteroatoms. The highest BCUT2D eigenvalue weighted by Crippen LogP contribution is 2.40. The second kappa shape index (κ2) is 20.5. The normalized spacial score (nSPS) is 11.4. The lowest BCUT2D eigenvalue weighted by molar-refractivity contribution is -0.276. The van der Waals surface area contributed by atoms with E-state index in [0.29, 0.717) is 35.4 Å². The number of rotatable bonds is 9. The summed E-state index contributed by atoms with van der Waals surface area (Å²) in [7, 11) is 0. The van der Waals surface area contributed by atoms with Gasteiger partial charge in [-0.3, -0.25) is 0 Å². The number of benzene rings is 8. The van der Waals surface area contributed by atoms with Gasteiger partial charge in [-0.25, -0.2) is 39.5 Å². The Balaban J connectivity index is 0.000000226. The van der Waals surface area contributed by atoms with E-state index < -0.39 is 98.6 Å². The van der Waals surface area contributed by atoms with E-state index in [9.17, 15) is 61.5 Å². The van der Waals surface area contributed by atoms with Gasteiger partial charge in [0.1, 0.15) is 52.0 Å². The number of halogens is 14. The predicted octanol–water partition coefficient (Wildman–Crippen LogP) is 17.5. The van der Waals surface area contributed by atoms with Crippen molar-refractivity contribution in [2.45, 2.75) is 40.7 Å². The monoisotopic (exact) mass is 982 g/mol. The number of ether oxygens (including phenoxy) is 2. The van der Waals surface area contributed by atoms with Crippen LogP contribution in [-0.2, 0) is 6.11 Å². The summed E-state index contributed by atoms with van der Waals surface area (Å²) in [6, 6.07) is 30.6. The Hall–Kier alpha value is -7.62. The molecule has 0 aliphatic rings. The lowest BCUT2D eigenvalue weighted by atomic mass is 9.96. The molecule has 0 aromatic heterocycles. The van der Waals surface area contributed by atoms with E-state index in [4.69, 9.17) is 0 Å². The maximum Gasteiger partial charge on any atom is 0.573 e. The van der Waals surface area contributed by atoms with Gasteiger partial charge in [0.15, 0.2) is 11.6 Å². The maximum absolute atomic E-state index is 14.8. The summed E-state index contributed by atoms with van der Waals surface area (Å²) in [6.07, 6.45) is -9.89. The van der Waals surface area contributed by atoms with Crippen LogP contribution in [0.25, 0.3) is 55.6 Å². The molecule has 0 bridgehead atoms. The highest BCUT2D eigenvalue weighted by molar-refractivity contribution is 5.75. The van der Waals surface area contributed by atoms with Crippen molar-refractivity contribution >= 4 is 0 Å². The minimum absolute atomic E-state index is 0. The topological polar surface area (TPSA) is 18.5 Å². The second-order valence-corrected chi connectivity index (χ2v) is 15.6. The molecule has 0 fully saturated rings. The standard InChI is InChI=1S/C27H18F6O.C26H14F8O.CH4/c1-15-3-5-17(6-4-15)18-7-9-19(10-8-18)20-11-24(30)26(25(31)12-20)27(32,33)34-21-13-22(28)16(2)23(29)14-21;1-13-2-4-14(5-3-13)15-6-7-18(19(27)8-15)16-9-20(28)24(21(29)10-16)17-11-22(30)25(23(31)12-17)35-26(32,33)34;/h3-14H,1-2H3;2-12H,1H3;1H4. The van der Waals surface area contributed by atoms with Gasteiger partial charge in [0.2, 0.25) is 5.75 Å². The van der Waals surface area contributed by atoms with E-state index in [0.717, 1.165) is 59.0 Å². The number of hydrogen-bond donors (Lipinski definition) is 0. The van der Waals surface area contributed by atoms with Gasteiger partial charge < -0.3 is 9.47 Å². The highest BCUT2D eigenvalue weighted by Gasteiger charge is 2.41. The average molecular weight is 983 g/mol. The molecule has 0 radical (unpaired) electrons. The molecular formula is C54H36F14O2. The summed E-state index contributed by atoms with van der Waals surface area (Å²) in [5.41, 5.74) is 1.68. The molecular weight excluding hydrogens is 947 g/mol. The van der Waals surface area contributed by atoms with E-state index in [2.05, 4.69) is 9.47 Å². The SMILES string of the molecule is C.Cc1ccc(-c2ccc(-c3cc(F)c(-c4cc(F)c(OC(F)(F)F)c(F)c4)c(F)c3)c(F)c2)cc1.Cc1ccc(-c2ccc(-c3cc(F)c(C(F)(F)Oc4cc(F)c(C)c(F)c4)c(F)c3)cc2)cc1. The first-order valence-corrected chi connectivity index (χ1v) is 20.3. The Morgan fingerprint density at radius 3 is 1.16 bits per heavy atom. The molecule has 0 atom stereocenters. The molecule has 0 aliphatic heterocycles. The number of hydrogen-bond acceptors (Lipinski definition) is 2. The molecule has 0 spiro atoms. The minimum atomic E-state index is -5.37. The Morgan fingerprint density at radius 1 is 0.343 bits per heavy atom. The Bertz CT molecular complexity index is 3090. The van der Waals surface area contributed by atoms with Crippen molar-refractivity contribution in [3.05, 3.63) is 214 Å². The molecule has 0 saturated heterocycles. The third-order valence-corrected chi connectivity index (χ3v) is 10.6. The lowest BCUT2D eigenvalue weighted by Gasteiger charge is -2.20. The predicted molar refractivity (Wildman–Crippen MR) is 238 cm³/mol. The fourth-order valence-corrected chi connectivity index (χ4v) is 7.10. The van der Waals surface area contributed by atoms with Crippen molar-refractivity contribution in [1.82, 2.24) is 0 Å². The first-order valence-electron chi connectivity index (χ1n) is 20.3. The van der Waals surface area contributed by atoms with Gasteiger partial charge in [0.25, 0.3) is 0 Å². The molecule has 8 aromatic rings. The summed E-state index contributed by atoms with van der Waals surface area (Å²) in [5.74, 6) is -15.0. The first-order chi connectivity index (χ1) is 32.5. The lowest BCUT2D eigenvalue weighted by Crippen LogP contribution is -2.25. The zero-order chi connectivity index (χ0) is 50.1. The zero-order valence-corrected chi connectivity index (χ0v) is 35.9. The fraction of sp³-hybridized carbons (Fsp3) is 0.111. The quantitative estimate of drug-likeness (QED) is 0.134. The third-order valence-electron chi connectivity index (χ3n) is 10.6. The van der Waals surface area contributed by atoms with E-state index in [1.54, 1.807) is 42.5 Å². The van der Waals surface area contributed by atoms with Gasteiger partial charge in [0, 0.05) is 23.3 Å². The van der Waals surface area contributed by atoms with E-state index in [1.807, 2.05) is 50.2 Å². The van der Waals surface area contributed by atoms with Crippen LogP contribution in [0.15, 0.2) is 140 Å². The van der Waals surface area contributed by atoms with Gasteiger partial charge in [-0.15, -0.1) is 13.2 Å². The van der Waals surface area contributed by atoms with E-state index >= 15 is 0 Å². The molecule has 0 N–H and O–H groups in total. The van der Waals surface area contributed by atoms with Crippen LogP contribution in [0.3, 0.4) is 0 Å². The van der Waals surface area contributed by atoms with Crippen molar-refractivity contribution in [2.24, 2.45) is 0 Å². The molecule has 0 saturated carbocycles. The fourth-order valence-electron chi connectivity index (χ4n) is 7.10. The Labute approximate surface area is 392 Å². The molecule has 362 valence electrons.